The summed E-state index contributed by atoms with van der Waals surface area (Å²) < 4.78 is 32.3. The fourth-order valence-electron chi connectivity index (χ4n) is 15.9. The van der Waals surface area contributed by atoms with Gasteiger partial charge in [-0.15, -0.1) is 0 Å². The lowest BCUT2D eigenvalue weighted by Crippen LogP contribution is -2.56. The van der Waals surface area contributed by atoms with Crippen LogP contribution < -0.4 is 44.6 Å². The molecule has 7 aliphatic heterocycles. The Morgan fingerprint density at radius 3 is 2.14 bits per heavy atom. The van der Waals surface area contributed by atoms with E-state index in [1.165, 1.54) is 13.3 Å². The Kier molecular flexibility index (Phi) is 18.1. The number of ether oxygens (including phenoxy) is 1. The number of rotatable bonds is 24. The average molecular weight is 1270 g/mol. The normalized spacial score (nSPS) is 33.5. The van der Waals surface area contributed by atoms with Crippen molar-refractivity contribution in [3.8, 4) is 0 Å². The number of amides is 7. The number of nitrogens with zero attached hydrogens (tertiary/aromatic N) is 5. The van der Waals surface area contributed by atoms with Crippen molar-refractivity contribution in [1.82, 2.24) is 25.5 Å². The van der Waals surface area contributed by atoms with Crippen molar-refractivity contribution in [3.63, 3.8) is 0 Å². The highest BCUT2D eigenvalue weighted by Crippen LogP contribution is 2.63. The Balaban J connectivity index is 1.10. The van der Waals surface area contributed by atoms with E-state index in [1.54, 1.807) is 4.57 Å². The highest BCUT2D eigenvalue weighted by atomic mass is 31.2. The van der Waals surface area contributed by atoms with E-state index in [1.807, 2.05) is 87.4 Å². The molecule has 0 spiro atoms. The number of aromatic nitrogens is 2. The van der Waals surface area contributed by atoms with Crippen LogP contribution in [0.25, 0.3) is 11.0 Å². The lowest BCUT2D eigenvalue weighted by molar-refractivity contribution is -0.124. The van der Waals surface area contributed by atoms with Crippen molar-refractivity contribution >= 4 is 77.3 Å². The SMILES string of the molecule is CC1=C2N=C(C=C3NC(=C(C)C4=N[C@@](C)([C@@H]5N=C1[C@](C)(CCC(=O)NC[C@@H](C)OP(=O)(O)O[C@H]1[C@@H](O)[C@@H](n6cnc7cc(C)c(C)cc76)O[C@@H]1CO)[C@H]5CC(N)=O)[C@@](C)(CC(N)=O)[C@@H]4CCC(N)=O)C1(C)CC(=O)NC31CCC(N)=O)C(C)(C)[C@@H]2CCC(N)=O. The molecule has 27 nitrogen and oxygen atoms in total. The number of imidazole rings is 1. The number of aryl methyl sites for hydroxylation is 2. The van der Waals surface area contributed by atoms with Crippen LogP contribution in [-0.2, 0) is 51.9 Å². The van der Waals surface area contributed by atoms with Gasteiger partial charge in [-0.25, -0.2) is 9.55 Å². The smallest absolute Gasteiger partial charge is 0.394 e. The third-order valence-corrected chi connectivity index (χ3v) is 22.3. The first-order valence-electron chi connectivity index (χ1n) is 30.6. The van der Waals surface area contributed by atoms with Crippen LogP contribution in [0.1, 0.15) is 150 Å². The quantitative estimate of drug-likeness (QED) is 0.0673. The number of primary amides is 5. The van der Waals surface area contributed by atoms with E-state index >= 15 is 0 Å². The van der Waals surface area contributed by atoms with Gasteiger partial charge in [0.2, 0.25) is 41.4 Å². The molecule has 7 aliphatic rings. The van der Waals surface area contributed by atoms with Crippen molar-refractivity contribution in [3.05, 3.63) is 63.9 Å². The van der Waals surface area contributed by atoms with Crippen LogP contribution >= 0.6 is 7.82 Å². The first-order chi connectivity index (χ1) is 41.9. The van der Waals surface area contributed by atoms with Crippen LogP contribution in [0.4, 0.5) is 0 Å². The average Bonchev–Trinajstić information content (AvgIpc) is 1.53. The number of allylic oxidation sites excluding steroid dienone is 4. The molecule has 8 bridgehead atoms. The number of hydrogen-bond donors (Lipinski definition) is 11. The number of nitrogens with two attached hydrogens (primary N) is 5. The van der Waals surface area contributed by atoms with Gasteiger partial charge in [0.25, 0.3) is 0 Å². The van der Waals surface area contributed by atoms with E-state index in [4.69, 9.17) is 57.4 Å². The molecule has 0 radical (unpaired) electrons. The predicted molar refractivity (Wildman–Crippen MR) is 332 cm³/mol. The lowest BCUT2D eigenvalue weighted by Gasteiger charge is -2.48. The summed E-state index contributed by atoms with van der Waals surface area (Å²) in [5.74, 6) is -6.18. The molecule has 3 saturated heterocycles. The van der Waals surface area contributed by atoms with Gasteiger partial charge in [0.15, 0.2) is 6.23 Å². The molecule has 3 unspecified atom stereocenters. The second-order valence-corrected chi connectivity index (χ2v) is 28.7. The monoisotopic (exact) mass is 1270 g/mol. The van der Waals surface area contributed by atoms with Crippen molar-refractivity contribution in [2.75, 3.05) is 13.2 Å². The largest absolute Gasteiger partial charge is 0.472 e. The number of hydrogen-bond acceptors (Lipinski definition) is 18. The summed E-state index contributed by atoms with van der Waals surface area (Å²) in [4.78, 5) is 127. The van der Waals surface area contributed by atoms with Crippen LogP contribution in [-0.4, -0.2) is 138 Å². The summed E-state index contributed by atoms with van der Waals surface area (Å²) in [5.41, 5.74) is 30.2. The van der Waals surface area contributed by atoms with Crippen molar-refractivity contribution in [2.45, 2.75) is 195 Å². The van der Waals surface area contributed by atoms with Gasteiger partial charge in [-0.1, -0.05) is 34.6 Å². The first-order valence-corrected chi connectivity index (χ1v) is 32.1. The Hall–Kier alpha value is -7.00. The highest BCUT2D eigenvalue weighted by molar-refractivity contribution is 7.47. The molecule has 15 atom stereocenters. The summed E-state index contributed by atoms with van der Waals surface area (Å²) in [6.45, 7) is 19.4. The molecule has 90 heavy (non-hydrogen) atoms. The number of fused-ring (bicyclic) bond motifs is 10. The summed E-state index contributed by atoms with van der Waals surface area (Å²) in [6, 6.07) is 2.71. The molecule has 1 aromatic carbocycles. The molecule has 28 heteroatoms. The van der Waals surface area contributed by atoms with E-state index in [-0.39, 0.29) is 83.1 Å². The zero-order chi connectivity index (χ0) is 66.3. The number of benzene rings is 1. The number of carbonyl (C=O) groups excluding carboxylic acids is 7. The van der Waals surface area contributed by atoms with Crippen LogP contribution in [0.15, 0.2) is 67.8 Å². The van der Waals surface area contributed by atoms with Gasteiger partial charge in [-0.3, -0.25) is 57.6 Å². The fraction of sp³-hybridized carbons (Fsp3) is 0.629. The van der Waals surface area contributed by atoms with E-state index < -0.39 is 137 Å². The van der Waals surface area contributed by atoms with Crippen LogP contribution in [0, 0.1) is 53.3 Å². The van der Waals surface area contributed by atoms with Gasteiger partial charge in [0.1, 0.15) is 18.3 Å². The minimum Gasteiger partial charge on any atom is -0.394 e. The number of carbonyl (C=O) groups is 7. The zero-order valence-electron chi connectivity index (χ0n) is 53.1. The molecule has 1 aromatic heterocycles. The van der Waals surface area contributed by atoms with Crippen LogP contribution in [0.3, 0.4) is 0 Å². The summed E-state index contributed by atoms with van der Waals surface area (Å²) in [7, 11) is -5.06. The molecule has 0 aliphatic carbocycles. The van der Waals surface area contributed by atoms with Crippen molar-refractivity contribution in [1.29, 1.82) is 0 Å². The van der Waals surface area contributed by atoms with Gasteiger partial charge in [-0.05, 0) is 108 Å². The molecular weight excluding hydrogens is 1180 g/mol. The topological polar surface area (TPSA) is 446 Å². The standard InChI is InChI=1S/C62H88N13O14P/c1-29-20-37-38(21-30(29)2)75(28-69-37)56-51(84)52(39(27-76)87-56)89-90(85,86)88-31(3)26-68-47(82)17-18-58(8)36(22-45(66)80)55-61(11)59(9,24-46(67)81)35(13-15-43(64)78)50(74-61)33(5)54-60(10)25-48(83)73-62(60,19-16-44(65)79)41(71-54)23-40-57(6,7)34(12-14-42(63)77)49(70-40)32(4)53(58)72-55/h20-21,23,28,31,34-36,39,51-52,55-56,71,76,84H,12-19,22,24-27H2,1-11H3,(H2,63,77)(H2,64,78)(H2,65,79)(H2,66,80)(H2,67,81)(H,68,82)(H,73,83)(H,85,86)/t31-,34-,35-,36+,39-,51-,52-,55-,56+,58-,59+,60?,61+,62?/m1/s1. The molecular formula is C62H88N13O14P. The molecule has 16 N–H and O–H groups in total. The zero-order valence-corrected chi connectivity index (χ0v) is 54.0. The van der Waals surface area contributed by atoms with Gasteiger partial charge in [-0.2, -0.15) is 0 Å². The second kappa shape index (κ2) is 24.2. The van der Waals surface area contributed by atoms with E-state index in [9.17, 15) is 53.2 Å². The van der Waals surface area contributed by atoms with E-state index in [0.717, 1.165) is 11.1 Å². The number of phosphoric ester groups is 1. The number of phosphoric acid groups is 1. The molecule has 0 saturated carbocycles. The Labute approximate surface area is 522 Å². The minimum absolute atomic E-state index is 0.00404. The van der Waals surface area contributed by atoms with E-state index in [2.05, 4.69) is 20.9 Å². The third-order valence-electron chi connectivity index (χ3n) is 21.2. The molecule has 490 valence electrons. The molecule has 8 heterocycles. The maximum Gasteiger partial charge on any atom is 0.472 e. The van der Waals surface area contributed by atoms with Gasteiger partial charge >= 0.3 is 7.82 Å². The van der Waals surface area contributed by atoms with Crippen molar-refractivity contribution < 1.29 is 67.0 Å². The molecule has 7 amide bonds. The second-order valence-electron chi connectivity index (χ2n) is 27.4. The fourth-order valence-corrected chi connectivity index (χ4v) is 17.1. The maximum absolute atomic E-state index is 14.4. The van der Waals surface area contributed by atoms with Gasteiger partial charge < -0.3 is 69.0 Å². The van der Waals surface area contributed by atoms with Crippen LogP contribution in [0.2, 0.25) is 0 Å². The van der Waals surface area contributed by atoms with E-state index in [0.29, 0.717) is 56.4 Å². The molecule has 9 rings (SSSR count). The Bertz CT molecular complexity index is 3610. The van der Waals surface area contributed by atoms with Crippen LogP contribution in [0.5, 0.6) is 0 Å². The predicted octanol–water partition coefficient (Wildman–Crippen LogP) is 2.93. The lowest BCUT2D eigenvalue weighted by atomic mass is 9.55. The third kappa shape index (κ3) is 11.6. The maximum atomic E-state index is 14.4. The number of aliphatic hydroxyl groups is 2. The Morgan fingerprint density at radius 1 is 0.878 bits per heavy atom. The number of aliphatic hydroxyl groups excluding tert-OH is 2. The molecule has 2 aromatic rings. The van der Waals surface area contributed by atoms with Crippen molar-refractivity contribution in [2.24, 2.45) is 83.1 Å². The Morgan fingerprint density at radius 2 is 1.52 bits per heavy atom. The van der Waals surface area contributed by atoms with Gasteiger partial charge in [0.05, 0.1) is 47.2 Å². The minimum atomic E-state index is -5.06. The van der Waals surface area contributed by atoms with Gasteiger partial charge in [0, 0.05) is 125 Å². The highest BCUT2D eigenvalue weighted by Gasteiger charge is 2.68. The summed E-state index contributed by atoms with van der Waals surface area (Å²) >= 11 is 0. The summed E-state index contributed by atoms with van der Waals surface area (Å²) in [5, 5.41) is 31.5. The molecule has 3 fully saturated rings. The summed E-state index contributed by atoms with van der Waals surface area (Å²) in [6.07, 6.45) is -4.15. The number of aliphatic imine (C=N–C) groups is 3. The number of nitrogens with one attached hydrogen (secondary N) is 3. The first kappa shape index (κ1) is 67.4.